The number of hydrogen-bond donors (Lipinski definition) is 1. The van der Waals surface area contributed by atoms with Gasteiger partial charge in [-0.25, -0.2) is 4.98 Å². The molecule has 7 nitrogen and oxygen atoms in total. The molecule has 0 radical (unpaired) electrons. The van der Waals surface area contributed by atoms with Gasteiger partial charge in [0, 0.05) is 36.1 Å². The molecular formula is C35H36N4O3. The van der Waals surface area contributed by atoms with Crippen LogP contribution in [0.1, 0.15) is 85.1 Å². The van der Waals surface area contributed by atoms with Gasteiger partial charge in [-0.1, -0.05) is 31.1 Å². The van der Waals surface area contributed by atoms with Crippen molar-refractivity contribution in [3.05, 3.63) is 83.6 Å². The SMILES string of the molecule is CC(=O)/C=C/c1ccc2nc(C3(NC(=O)c4ccc5c(C6CCCC6)c(-c6ccoc6)n(C)c5c4)CCC3)n(C)c2c1. The van der Waals surface area contributed by atoms with Gasteiger partial charge in [0.2, 0.25) is 0 Å². The fourth-order valence-corrected chi connectivity index (χ4v) is 7.16. The van der Waals surface area contributed by atoms with E-state index in [1.54, 1.807) is 19.3 Å². The van der Waals surface area contributed by atoms with E-state index in [-0.39, 0.29) is 11.7 Å². The van der Waals surface area contributed by atoms with E-state index < -0.39 is 5.54 Å². The third kappa shape index (κ3) is 4.30. The number of fused-ring (bicyclic) bond motifs is 2. The van der Waals surface area contributed by atoms with Gasteiger partial charge in [-0.15, -0.1) is 0 Å². The van der Waals surface area contributed by atoms with E-state index in [4.69, 9.17) is 9.40 Å². The molecule has 0 aliphatic heterocycles. The second kappa shape index (κ2) is 10.2. The first-order valence-electron chi connectivity index (χ1n) is 15.0. The van der Waals surface area contributed by atoms with Crippen molar-refractivity contribution in [2.45, 2.75) is 63.3 Å². The van der Waals surface area contributed by atoms with Crippen molar-refractivity contribution in [2.24, 2.45) is 14.1 Å². The minimum atomic E-state index is -0.514. The number of imidazole rings is 1. The Labute approximate surface area is 245 Å². The van der Waals surface area contributed by atoms with Crippen LogP contribution in [0.2, 0.25) is 0 Å². The first-order chi connectivity index (χ1) is 20.3. The van der Waals surface area contributed by atoms with Crippen molar-refractivity contribution in [2.75, 3.05) is 0 Å². The molecule has 42 heavy (non-hydrogen) atoms. The van der Waals surface area contributed by atoms with Crippen molar-refractivity contribution < 1.29 is 14.0 Å². The third-order valence-electron chi connectivity index (χ3n) is 9.46. The molecule has 0 unspecified atom stereocenters. The number of ketones is 1. The van der Waals surface area contributed by atoms with Crippen molar-refractivity contribution in [3.63, 3.8) is 0 Å². The fourth-order valence-electron chi connectivity index (χ4n) is 7.16. The monoisotopic (exact) mass is 560 g/mol. The van der Waals surface area contributed by atoms with Gasteiger partial charge in [-0.3, -0.25) is 9.59 Å². The number of nitrogens with one attached hydrogen (secondary N) is 1. The molecule has 1 N–H and O–H groups in total. The lowest BCUT2D eigenvalue weighted by atomic mass is 9.75. The standard InChI is InChI=1S/C35H36N4O3/c1-22(40)9-10-23-11-14-28-30(19-23)39(3)34(36-28)35(16-6-17-35)37-33(41)25-12-13-27-29(20-25)38(2)32(26-15-18-42-21-26)31(27)24-7-4-5-8-24/h9-15,18-21,24H,4-8,16-17H2,1-3H3,(H,37,41)/b10-9+. The summed E-state index contributed by atoms with van der Waals surface area (Å²) >= 11 is 0. The number of carbonyl (C=O) groups is 2. The number of benzene rings is 2. The summed E-state index contributed by atoms with van der Waals surface area (Å²) in [5, 5.41) is 4.62. The number of rotatable bonds is 7. The molecule has 1 amide bonds. The van der Waals surface area contributed by atoms with Gasteiger partial charge in [0.05, 0.1) is 34.8 Å². The van der Waals surface area contributed by atoms with E-state index in [9.17, 15) is 9.59 Å². The van der Waals surface area contributed by atoms with Crippen LogP contribution in [0, 0.1) is 0 Å². The molecule has 0 bridgehead atoms. The van der Waals surface area contributed by atoms with Gasteiger partial charge >= 0.3 is 0 Å². The summed E-state index contributed by atoms with van der Waals surface area (Å²) in [4.78, 5) is 30.3. The van der Waals surface area contributed by atoms with E-state index in [1.807, 2.05) is 55.8 Å². The number of allylic oxidation sites excluding steroid dienone is 1. The highest BCUT2D eigenvalue weighted by atomic mass is 16.3. The first-order valence-corrected chi connectivity index (χ1v) is 15.0. The Kier molecular flexibility index (Phi) is 6.41. The van der Waals surface area contributed by atoms with Gasteiger partial charge in [0.1, 0.15) is 5.82 Å². The zero-order valence-corrected chi connectivity index (χ0v) is 24.4. The molecule has 3 heterocycles. The van der Waals surface area contributed by atoms with Crippen LogP contribution in [-0.4, -0.2) is 25.8 Å². The quantitative estimate of drug-likeness (QED) is 0.210. The Balaban J connectivity index is 1.24. The lowest BCUT2D eigenvalue weighted by molar-refractivity contribution is -0.112. The zero-order chi connectivity index (χ0) is 29.0. The molecular weight excluding hydrogens is 524 g/mol. The first kappa shape index (κ1) is 26.5. The van der Waals surface area contributed by atoms with Crippen LogP contribution in [0.25, 0.3) is 39.3 Å². The zero-order valence-electron chi connectivity index (χ0n) is 24.4. The maximum absolute atomic E-state index is 13.9. The Hall–Kier alpha value is -4.39. The van der Waals surface area contributed by atoms with Crippen LogP contribution in [0.3, 0.4) is 0 Å². The van der Waals surface area contributed by atoms with Crippen LogP contribution in [0.4, 0.5) is 0 Å². The van der Waals surface area contributed by atoms with E-state index >= 15 is 0 Å². The molecule has 7 rings (SSSR count). The summed E-state index contributed by atoms with van der Waals surface area (Å²) in [6, 6.07) is 14.2. The van der Waals surface area contributed by atoms with E-state index in [2.05, 4.69) is 27.6 Å². The molecule has 0 atom stereocenters. The summed E-state index contributed by atoms with van der Waals surface area (Å²) in [5.74, 6) is 1.32. The molecule has 7 heteroatoms. The Bertz CT molecular complexity index is 1860. The summed E-state index contributed by atoms with van der Waals surface area (Å²) in [6.07, 6.45) is 14.6. The normalized spacial score (nSPS) is 16.9. The number of hydrogen-bond acceptors (Lipinski definition) is 4. The van der Waals surface area contributed by atoms with Crippen LogP contribution in [0.15, 0.2) is 65.5 Å². The van der Waals surface area contributed by atoms with Crippen LogP contribution in [-0.2, 0) is 24.4 Å². The van der Waals surface area contributed by atoms with Crippen molar-refractivity contribution >= 4 is 39.7 Å². The van der Waals surface area contributed by atoms with E-state index in [0.717, 1.165) is 52.8 Å². The molecule has 2 saturated carbocycles. The maximum Gasteiger partial charge on any atom is 0.252 e. The molecule has 2 aliphatic carbocycles. The summed E-state index contributed by atoms with van der Waals surface area (Å²) in [5.41, 5.74) is 7.66. The molecule has 0 spiro atoms. The van der Waals surface area contributed by atoms with Crippen LogP contribution < -0.4 is 5.32 Å². The van der Waals surface area contributed by atoms with Crippen LogP contribution in [0.5, 0.6) is 0 Å². The Morgan fingerprint density at radius 1 is 1.00 bits per heavy atom. The Morgan fingerprint density at radius 2 is 1.81 bits per heavy atom. The highest BCUT2D eigenvalue weighted by molar-refractivity contribution is 6.01. The number of aromatic nitrogens is 3. The lowest BCUT2D eigenvalue weighted by Gasteiger charge is -2.41. The minimum absolute atomic E-state index is 0.0120. The lowest BCUT2D eigenvalue weighted by Crippen LogP contribution is -2.52. The van der Waals surface area contributed by atoms with Gasteiger partial charge in [-0.05, 0) is 92.5 Å². The molecule has 2 fully saturated rings. The predicted octanol–water partition coefficient (Wildman–Crippen LogP) is 7.39. The molecule has 2 aromatic carbocycles. The average Bonchev–Trinajstić information content (AvgIpc) is 3.77. The molecule has 214 valence electrons. The number of carbonyl (C=O) groups excluding carboxylic acids is 2. The summed E-state index contributed by atoms with van der Waals surface area (Å²) < 4.78 is 9.79. The molecule has 5 aromatic rings. The number of furan rings is 1. The van der Waals surface area contributed by atoms with Gasteiger partial charge < -0.3 is 18.9 Å². The van der Waals surface area contributed by atoms with E-state index in [0.29, 0.717) is 11.5 Å². The smallest absolute Gasteiger partial charge is 0.252 e. The summed E-state index contributed by atoms with van der Waals surface area (Å²) in [7, 11) is 4.10. The summed E-state index contributed by atoms with van der Waals surface area (Å²) in [6.45, 7) is 1.54. The van der Waals surface area contributed by atoms with Crippen molar-refractivity contribution in [1.29, 1.82) is 0 Å². The second-order valence-electron chi connectivity index (χ2n) is 12.1. The maximum atomic E-state index is 13.9. The van der Waals surface area contributed by atoms with Gasteiger partial charge in [0.25, 0.3) is 5.91 Å². The molecule has 2 aliphatic rings. The van der Waals surface area contributed by atoms with Gasteiger partial charge in [0.15, 0.2) is 5.78 Å². The number of aryl methyl sites for hydroxylation is 2. The number of nitrogens with zero attached hydrogens (tertiary/aromatic N) is 3. The Morgan fingerprint density at radius 3 is 2.50 bits per heavy atom. The highest BCUT2D eigenvalue weighted by Gasteiger charge is 2.44. The van der Waals surface area contributed by atoms with Crippen molar-refractivity contribution in [1.82, 2.24) is 19.4 Å². The minimum Gasteiger partial charge on any atom is -0.472 e. The fraction of sp³-hybridized carbons (Fsp3) is 0.343. The molecule has 0 saturated heterocycles. The third-order valence-corrected chi connectivity index (χ3v) is 9.46. The topological polar surface area (TPSA) is 82.1 Å². The predicted molar refractivity (Wildman–Crippen MR) is 165 cm³/mol. The molecule has 3 aromatic heterocycles. The number of amides is 1. The van der Waals surface area contributed by atoms with Gasteiger partial charge in [-0.2, -0.15) is 0 Å². The van der Waals surface area contributed by atoms with Crippen molar-refractivity contribution in [3.8, 4) is 11.3 Å². The largest absolute Gasteiger partial charge is 0.472 e. The van der Waals surface area contributed by atoms with E-state index in [1.165, 1.54) is 42.3 Å². The highest BCUT2D eigenvalue weighted by Crippen LogP contribution is 2.45. The second-order valence-corrected chi connectivity index (χ2v) is 12.1. The van der Waals surface area contributed by atoms with Crippen LogP contribution >= 0.6 is 0 Å². The average molecular weight is 561 g/mol.